The molecule has 0 bridgehead atoms. The Labute approximate surface area is 250 Å². The third kappa shape index (κ3) is 8.85. The van der Waals surface area contributed by atoms with Gasteiger partial charge >= 0.3 is 5.97 Å². The van der Waals surface area contributed by atoms with Crippen molar-refractivity contribution in [2.45, 2.75) is 51.5 Å². The van der Waals surface area contributed by atoms with Gasteiger partial charge in [0.05, 0.1) is 19.3 Å². The van der Waals surface area contributed by atoms with Crippen molar-refractivity contribution in [1.82, 2.24) is 15.3 Å². The molecule has 0 aliphatic carbocycles. The van der Waals surface area contributed by atoms with E-state index in [0.29, 0.717) is 11.4 Å². The van der Waals surface area contributed by atoms with Crippen LogP contribution in [0.2, 0.25) is 0 Å². The molecule has 0 saturated carbocycles. The zero-order valence-electron chi connectivity index (χ0n) is 24.4. The Hall–Kier alpha value is -4.79. The first-order valence-corrected chi connectivity index (χ1v) is 14.4. The number of nitrogens with zero attached hydrogens (tertiary/aromatic N) is 2. The molecule has 3 aromatic carbocycles. The summed E-state index contributed by atoms with van der Waals surface area (Å²) >= 11 is 0. The zero-order valence-corrected chi connectivity index (χ0v) is 24.4. The number of hydrogen-bond donors (Lipinski definition) is 2. The third-order valence-electron chi connectivity index (χ3n) is 7.03. The number of aromatic nitrogens is 2. The molecular formula is C34H36FN3O5. The van der Waals surface area contributed by atoms with Gasteiger partial charge in [0, 0.05) is 36.0 Å². The van der Waals surface area contributed by atoms with Gasteiger partial charge in [-0.2, -0.15) is 0 Å². The summed E-state index contributed by atoms with van der Waals surface area (Å²) in [6, 6.07) is 17.5. The summed E-state index contributed by atoms with van der Waals surface area (Å²) in [5, 5.41) is 12.1. The number of halogens is 1. The molecule has 43 heavy (non-hydrogen) atoms. The van der Waals surface area contributed by atoms with E-state index in [1.54, 1.807) is 36.7 Å². The monoisotopic (exact) mass is 585 g/mol. The number of benzene rings is 3. The SMILES string of the molecule is CCCCCCCOc1ccc(-c2cnc(-c3ccc(C[C@H](NC(=O)c4ccc(OC)cc4F)C(=O)O)cc3)nc2)cc1. The summed E-state index contributed by atoms with van der Waals surface area (Å²) in [6.07, 6.45) is 9.52. The summed E-state index contributed by atoms with van der Waals surface area (Å²) in [5.41, 5.74) is 3.02. The fraction of sp³-hybridized carbons (Fsp3) is 0.294. The van der Waals surface area contributed by atoms with Crippen molar-refractivity contribution >= 4 is 11.9 Å². The summed E-state index contributed by atoms with van der Waals surface area (Å²) in [4.78, 5) is 33.4. The molecule has 1 aromatic heterocycles. The summed E-state index contributed by atoms with van der Waals surface area (Å²) in [6.45, 7) is 2.92. The number of carboxylic acids is 1. The molecule has 1 heterocycles. The Morgan fingerprint density at radius 1 is 0.860 bits per heavy atom. The second-order valence-corrected chi connectivity index (χ2v) is 10.2. The molecule has 0 radical (unpaired) electrons. The van der Waals surface area contributed by atoms with Gasteiger partial charge in [0.1, 0.15) is 23.4 Å². The minimum atomic E-state index is -1.25. The number of unbranched alkanes of at least 4 members (excludes halogenated alkanes) is 4. The van der Waals surface area contributed by atoms with E-state index >= 15 is 0 Å². The Morgan fingerprint density at radius 3 is 2.14 bits per heavy atom. The lowest BCUT2D eigenvalue weighted by molar-refractivity contribution is -0.139. The third-order valence-corrected chi connectivity index (χ3v) is 7.03. The molecular weight excluding hydrogens is 549 g/mol. The van der Waals surface area contributed by atoms with E-state index < -0.39 is 23.7 Å². The molecule has 2 N–H and O–H groups in total. The van der Waals surface area contributed by atoms with Crippen molar-refractivity contribution in [3.05, 3.63) is 96.1 Å². The fourth-order valence-electron chi connectivity index (χ4n) is 4.53. The van der Waals surface area contributed by atoms with Crippen LogP contribution in [-0.4, -0.2) is 46.7 Å². The summed E-state index contributed by atoms with van der Waals surface area (Å²) < 4.78 is 25.1. The maximum absolute atomic E-state index is 14.3. The van der Waals surface area contributed by atoms with Gasteiger partial charge in [-0.25, -0.2) is 19.2 Å². The second-order valence-electron chi connectivity index (χ2n) is 10.2. The smallest absolute Gasteiger partial charge is 0.326 e. The average molecular weight is 586 g/mol. The molecule has 4 rings (SSSR count). The number of carbonyl (C=O) groups is 2. The predicted molar refractivity (Wildman–Crippen MR) is 163 cm³/mol. The number of ether oxygens (including phenoxy) is 2. The van der Waals surface area contributed by atoms with Gasteiger partial charge < -0.3 is 19.9 Å². The molecule has 0 aliphatic heterocycles. The number of aliphatic carboxylic acids is 1. The molecule has 4 aromatic rings. The standard InChI is InChI=1S/C34H36FN3O5/c1-3-4-5-6-7-18-43-27-14-12-24(13-15-27)26-21-36-32(37-22-26)25-10-8-23(9-11-25)19-31(34(40)41)38-33(39)29-17-16-28(42-2)20-30(29)35/h8-17,20-22,31H,3-7,18-19H2,1-2H3,(H,38,39)(H,40,41)/t31-/m0/s1. The molecule has 0 aliphatic rings. The number of carboxylic acid groups (broad SMARTS) is 1. The Kier molecular flexibility index (Phi) is 11.2. The Bertz CT molecular complexity index is 1490. The summed E-state index contributed by atoms with van der Waals surface area (Å²) in [5.74, 6) is -1.23. The van der Waals surface area contributed by atoms with Crippen LogP contribution >= 0.6 is 0 Å². The molecule has 224 valence electrons. The lowest BCUT2D eigenvalue weighted by Gasteiger charge is -2.15. The highest BCUT2D eigenvalue weighted by Crippen LogP contribution is 2.24. The summed E-state index contributed by atoms with van der Waals surface area (Å²) in [7, 11) is 1.38. The van der Waals surface area contributed by atoms with Crippen LogP contribution in [0, 0.1) is 5.82 Å². The van der Waals surface area contributed by atoms with Crippen molar-refractivity contribution in [1.29, 1.82) is 0 Å². The van der Waals surface area contributed by atoms with E-state index in [2.05, 4.69) is 22.2 Å². The first-order valence-electron chi connectivity index (χ1n) is 14.4. The van der Waals surface area contributed by atoms with E-state index in [4.69, 9.17) is 9.47 Å². The number of nitrogens with one attached hydrogen (secondary N) is 1. The number of rotatable bonds is 15. The van der Waals surface area contributed by atoms with Crippen LogP contribution in [0.25, 0.3) is 22.5 Å². The highest BCUT2D eigenvalue weighted by Gasteiger charge is 2.23. The lowest BCUT2D eigenvalue weighted by atomic mass is 10.0. The number of methoxy groups -OCH3 is 1. The zero-order chi connectivity index (χ0) is 30.6. The molecule has 8 nitrogen and oxygen atoms in total. The minimum Gasteiger partial charge on any atom is -0.497 e. The van der Waals surface area contributed by atoms with Crippen molar-refractivity contribution in [2.24, 2.45) is 0 Å². The molecule has 0 fully saturated rings. The van der Waals surface area contributed by atoms with Crippen molar-refractivity contribution in [3.63, 3.8) is 0 Å². The number of carbonyl (C=O) groups excluding carboxylic acids is 1. The molecule has 0 spiro atoms. The fourth-order valence-corrected chi connectivity index (χ4v) is 4.53. The van der Waals surface area contributed by atoms with E-state index in [1.165, 1.54) is 44.9 Å². The Balaban J connectivity index is 1.33. The van der Waals surface area contributed by atoms with Crippen molar-refractivity contribution in [2.75, 3.05) is 13.7 Å². The van der Waals surface area contributed by atoms with Crippen LogP contribution in [0.3, 0.4) is 0 Å². The van der Waals surface area contributed by atoms with Crippen LogP contribution < -0.4 is 14.8 Å². The highest BCUT2D eigenvalue weighted by atomic mass is 19.1. The maximum atomic E-state index is 14.3. The van der Waals surface area contributed by atoms with E-state index in [-0.39, 0.29) is 17.7 Å². The molecule has 0 saturated heterocycles. The van der Waals surface area contributed by atoms with E-state index in [9.17, 15) is 19.1 Å². The molecule has 0 unspecified atom stereocenters. The van der Waals surface area contributed by atoms with Crippen molar-refractivity contribution < 1.29 is 28.6 Å². The number of hydrogen-bond acceptors (Lipinski definition) is 6. The number of amides is 1. The first kappa shape index (κ1) is 31.2. The van der Waals surface area contributed by atoms with Crippen LogP contribution in [0.4, 0.5) is 4.39 Å². The first-order chi connectivity index (χ1) is 20.9. The van der Waals surface area contributed by atoms with Crippen LogP contribution in [0.15, 0.2) is 79.1 Å². The van der Waals surface area contributed by atoms with E-state index in [0.717, 1.165) is 41.5 Å². The average Bonchev–Trinajstić information content (AvgIpc) is 3.03. The Morgan fingerprint density at radius 2 is 1.51 bits per heavy atom. The van der Waals surface area contributed by atoms with Gasteiger partial charge in [-0.05, 0) is 41.8 Å². The minimum absolute atomic E-state index is 0.0114. The second kappa shape index (κ2) is 15.4. The van der Waals surface area contributed by atoms with Gasteiger partial charge in [0.2, 0.25) is 0 Å². The topological polar surface area (TPSA) is 111 Å². The lowest BCUT2D eigenvalue weighted by Crippen LogP contribution is -2.42. The van der Waals surface area contributed by atoms with E-state index in [1.807, 2.05) is 24.3 Å². The van der Waals surface area contributed by atoms with Gasteiger partial charge in [-0.15, -0.1) is 0 Å². The quantitative estimate of drug-likeness (QED) is 0.149. The van der Waals surface area contributed by atoms with Gasteiger partial charge in [0.25, 0.3) is 5.91 Å². The largest absolute Gasteiger partial charge is 0.497 e. The van der Waals surface area contributed by atoms with Crippen LogP contribution in [0.1, 0.15) is 54.9 Å². The molecule has 1 amide bonds. The maximum Gasteiger partial charge on any atom is 0.326 e. The van der Waals surface area contributed by atoms with Gasteiger partial charge in [0.15, 0.2) is 5.82 Å². The van der Waals surface area contributed by atoms with Crippen molar-refractivity contribution in [3.8, 4) is 34.0 Å². The predicted octanol–water partition coefficient (Wildman–Crippen LogP) is 6.73. The molecule has 1 atom stereocenters. The normalized spacial score (nSPS) is 11.5. The molecule has 9 heteroatoms. The van der Waals surface area contributed by atoms with Crippen LogP contribution in [-0.2, 0) is 11.2 Å². The highest BCUT2D eigenvalue weighted by molar-refractivity contribution is 5.97. The van der Waals surface area contributed by atoms with Gasteiger partial charge in [-0.1, -0.05) is 69.0 Å². The van der Waals surface area contributed by atoms with Crippen LogP contribution in [0.5, 0.6) is 11.5 Å². The van der Waals surface area contributed by atoms with Gasteiger partial charge in [-0.3, -0.25) is 4.79 Å².